The zero-order valence-corrected chi connectivity index (χ0v) is 15.1. The molecule has 0 bridgehead atoms. The van der Waals surface area contributed by atoms with Gasteiger partial charge in [0.05, 0.1) is 18.0 Å². The number of carbonyl (C=O) groups is 1. The summed E-state index contributed by atoms with van der Waals surface area (Å²) in [5.41, 5.74) is 1.94. The molecule has 1 N–H and O–H groups in total. The number of piperidine rings is 1. The molecule has 2 heterocycles. The van der Waals surface area contributed by atoms with Gasteiger partial charge in [0.2, 0.25) is 15.9 Å². The molecule has 0 radical (unpaired) electrons. The van der Waals surface area contributed by atoms with E-state index in [9.17, 15) is 13.2 Å². The lowest BCUT2D eigenvalue weighted by molar-refractivity contribution is -0.122. The van der Waals surface area contributed by atoms with Crippen molar-refractivity contribution < 1.29 is 13.2 Å². The van der Waals surface area contributed by atoms with E-state index in [1.54, 1.807) is 4.68 Å². The van der Waals surface area contributed by atoms with E-state index in [2.05, 4.69) is 10.4 Å². The molecule has 23 heavy (non-hydrogen) atoms. The average molecular weight is 342 g/mol. The van der Waals surface area contributed by atoms with E-state index in [4.69, 9.17) is 0 Å². The van der Waals surface area contributed by atoms with Gasteiger partial charge in [-0.25, -0.2) is 12.7 Å². The van der Waals surface area contributed by atoms with Crippen LogP contribution in [0.25, 0.3) is 0 Å². The molecule has 2 rings (SSSR count). The van der Waals surface area contributed by atoms with Gasteiger partial charge < -0.3 is 5.32 Å². The van der Waals surface area contributed by atoms with Crippen LogP contribution in [-0.4, -0.2) is 47.8 Å². The molecule has 7 nitrogen and oxygen atoms in total. The Morgan fingerprint density at radius 1 is 1.43 bits per heavy atom. The number of amides is 1. The van der Waals surface area contributed by atoms with E-state index in [0.717, 1.165) is 24.1 Å². The predicted molar refractivity (Wildman–Crippen MR) is 88.3 cm³/mol. The molecule has 1 atom stereocenters. The smallest absolute Gasteiger partial charge is 0.220 e. The maximum absolute atomic E-state index is 12.2. The largest absolute Gasteiger partial charge is 0.349 e. The molecule has 0 aliphatic carbocycles. The second kappa shape index (κ2) is 7.00. The van der Waals surface area contributed by atoms with Crippen LogP contribution in [-0.2, 0) is 21.9 Å². The summed E-state index contributed by atoms with van der Waals surface area (Å²) >= 11 is 0. The van der Waals surface area contributed by atoms with E-state index >= 15 is 0 Å². The van der Waals surface area contributed by atoms with Crippen molar-refractivity contribution in [2.75, 3.05) is 19.3 Å². The number of aryl methyl sites for hydroxylation is 2. The van der Waals surface area contributed by atoms with Crippen molar-refractivity contribution in [3.8, 4) is 0 Å². The summed E-state index contributed by atoms with van der Waals surface area (Å²) in [5.74, 6) is 0.258. The Balaban J connectivity index is 1.83. The third kappa shape index (κ3) is 4.78. The number of nitrogens with one attached hydrogen (secondary N) is 1. The average Bonchev–Trinajstić information content (AvgIpc) is 2.77. The van der Waals surface area contributed by atoms with Crippen molar-refractivity contribution in [3.05, 3.63) is 17.5 Å². The molecule has 1 aliphatic rings. The number of hydrogen-bond donors (Lipinski definition) is 1. The lowest BCUT2D eigenvalue weighted by Gasteiger charge is -2.30. The summed E-state index contributed by atoms with van der Waals surface area (Å²) < 4.78 is 26.2. The fourth-order valence-corrected chi connectivity index (χ4v) is 4.00. The van der Waals surface area contributed by atoms with Gasteiger partial charge in [-0.05, 0) is 32.6 Å². The number of sulfonamides is 1. The Morgan fingerprint density at radius 3 is 2.52 bits per heavy atom. The second-order valence-electron chi connectivity index (χ2n) is 6.44. The van der Waals surface area contributed by atoms with Gasteiger partial charge in [-0.3, -0.25) is 9.48 Å². The van der Waals surface area contributed by atoms with Gasteiger partial charge in [-0.1, -0.05) is 0 Å². The molecule has 1 aromatic rings. The Morgan fingerprint density at radius 2 is 2.04 bits per heavy atom. The number of hydrogen-bond acceptors (Lipinski definition) is 4. The fourth-order valence-electron chi connectivity index (χ4n) is 3.13. The highest BCUT2D eigenvalue weighted by Gasteiger charge is 2.26. The fraction of sp³-hybridized carbons (Fsp3) is 0.733. The minimum atomic E-state index is -3.11. The van der Waals surface area contributed by atoms with Gasteiger partial charge in [-0.15, -0.1) is 0 Å². The van der Waals surface area contributed by atoms with Gasteiger partial charge in [0.15, 0.2) is 0 Å². The van der Waals surface area contributed by atoms with Gasteiger partial charge >= 0.3 is 0 Å². The van der Waals surface area contributed by atoms with Crippen LogP contribution >= 0.6 is 0 Å². The SMILES string of the molecule is Cc1nn(C)cc1[C@H](C)NC(=O)CC1CCN(S(C)(=O)=O)CC1. The normalized spacial score (nSPS) is 18.8. The van der Waals surface area contributed by atoms with E-state index in [1.807, 2.05) is 27.1 Å². The molecule has 0 saturated carbocycles. The summed E-state index contributed by atoms with van der Waals surface area (Å²) in [4.78, 5) is 12.2. The molecule has 0 aromatic carbocycles. The molecule has 1 saturated heterocycles. The molecule has 1 amide bonds. The van der Waals surface area contributed by atoms with Gasteiger partial charge in [0, 0.05) is 38.3 Å². The van der Waals surface area contributed by atoms with E-state index in [1.165, 1.54) is 10.6 Å². The molecule has 0 unspecified atom stereocenters. The summed E-state index contributed by atoms with van der Waals surface area (Å²) in [5, 5.41) is 7.30. The number of rotatable bonds is 5. The third-order valence-corrected chi connectivity index (χ3v) is 5.72. The van der Waals surface area contributed by atoms with Crippen LogP contribution in [0.15, 0.2) is 6.20 Å². The van der Waals surface area contributed by atoms with E-state index in [-0.39, 0.29) is 17.9 Å². The summed E-state index contributed by atoms with van der Waals surface area (Å²) in [6.45, 7) is 4.90. The standard InChI is InChI=1S/C15H26N4O3S/c1-11(14-10-18(3)17-12(14)2)16-15(20)9-13-5-7-19(8-6-13)23(4,21)22/h10-11,13H,5-9H2,1-4H3,(H,16,20)/t11-/m0/s1. The van der Waals surface area contributed by atoms with Crippen molar-refractivity contribution >= 4 is 15.9 Å². The minimum absolute atomic E-state index is 0.0126. The van der Waals surface area contributed by atoms with Crippen molar-refractivity contribution in [3.63, 3.8) is 0 Å². The van der Waals surface area contributed by atoms with Crippen molar-refractivity contribution in [2.45, 2.75) is 39.2 Å². The quantitative estimate of drug-likeness (QED) is 0.864. The highest BCUT2D eigenvalue weighted by Crippen LogP contribution is 2.23. The maximum Gasteiger partial charge on any atom is 0.220 e. The summed E-state index contributed by atoms with van der Waals surface area (Å²) in [6, 6.07) is -0.0766. The van der Waals surface area contributed by atoms with Crippen LogP contribution in [0.4, 0.5) is 0 Å². The van der Waals surface area contributed by atoms with Gasteiger partial charge in [-0.2, -0.15) is 5.10 Å². The first kappa shape index (κ1) is 17.9. The molecule has 130 valence electrons. The highest BCUT2D eigenvalue weighted by atomic mass is 32.2. The van der Waals surface area contributed by atoms with Crippen LogP contribution in [0.3, 0.4) is 0 Å². The Bertz CT molecular complexity index is 660. The molecular weight excluding hydrogens is 316 g/mol. The van der Waals surface area contributed by atoms with Crippen LogP contribution in [0.1, 0.15) is 43.5 Å². The van der Waals surface area contributed by atoms with E-state index < -0.39 is 10.0 Å². The summed E-state index contributed by atoms with van der Waals surface area (Å²) in [7, 11) is -1.25. The lowest BCUT2D eigenvalue weighted by atomic mass is 9.94. The van der Waals surface area contributed by atoms with Gasteiger partial charge in [0.1, 0.15) is 0 Å². The van der Waals surface area contributed by atoms with Gasteiger partial charge in [0.25, 0.3) is 0 Å². The second-order valence-corrected chi connectivity index (χ2v) is 8.42. The topological polar surface area (TPSA) is 84.3 Å². The van der Waals surface area contributed by atoms with Crippen molar-refractivity contribution in [1.82, 2.24) is 19.4 Å². The zero-order valence-electron chi connectivity index (χ0n) is 14.2. The number of aromatic nitrogens is 2. The number of carbonyl (C=O) groups excluding carboxylic acids is 1. The maximum atomic E-state index is 12.2. The Labute approximate surface area is 138 Å². The lowest BCUT2D eigenvalue weighted by Crippen LogP contribution is -2.39. The molecule has 8 heteroatoms. The monoisotopic (exact) mass is 342 g/mol. The Hall–Kier alpha value is -1.41. The van der Waals surface area contributed by atoms with Crippen LogP contribution < -0.4 is 5.32 Å². The highest BCUT2D eigenvalue weighted by molar-refractivity contribution is 7.88. The van der Waals surface area contributed by atoms with E-state index in [0.29, 0.717) is 19.5 Å². The first-order valence-corrected chi connectivity index (χ1v) is 9.76. The Kier molecular flexibility index (Phi) is 5.46. The summed E-state index contributed by atoms with van der Waals surface area (Å²) in [6.07, 6.45) is 5.08. The van der Waals surface area contributed by atoms with Crippen molar-refractivity contribution in [2.24, 2.45) is 13.0 Å². The minimum Gasteiger partial charge on any atom is -0.349 e. The molecular formula is C15H26N4O3S. The van der Waals surface area contributed by atoms with Crippen molar-refractivity contribution in [1.29, 1.82) is 0 Å². The molecule has 0 spiro atoms. The molecule has 1 aliphatic heterocycles. The van der Waals surface area contributed by atoms with Crippen LogP contribution in [0.2, 0.25) is 0 Å². The first-order chi connectivity index (χ1) is 10.7. The van der Waals surface area contributed by atoms with Crippen LogP contribution in [0.5, 0.6) is 0 Å². The number of nitrogens with zero attached hydrogens (tertiary/aromatic N) is 3. The van der Waals surface area contributed by atoms with Crippen LogP contribution in [0, 0.1) is 12.8 Å². The first-order valence-electron chi connectivity index (χ1n) is 7.91. The zero-order chi connectivity index (χ0) is 17.2. The third-order valence-electron chi connectivity index (χ3n) is 4.41. The molecule has 1 aromatic heterocycles. The molecule has 1 fully saturated rings. The predicted octanol–water partition coefficient (Wildman–Crippen LogP) is 0.967.